The van der Waals surface area contributed by atoms with Gasteiger partial charge in [-0.1, -0.05) is 29.8 Å². The first-order chi connectivity index (χ1) is 11.6. The Balaban J connectivity index is 1.59. The Morgan fingerprint density at radius 3 is 2.75 bits per heavy atom. The highest BCUT2D eigenvalue weighted by atomic mass is 19.1. The third-order valence-electron chi connectivity index (χ3n) is 3.48. The molecule has 2 N–H and O–H groups in total. The Bertz CT molecular complexity index is 842. The number of carbonyl (C=O) groups excluding carboxylic acids is 1. The Hall–Kier alpha value is -3.02. The van der Waals surface area contributed by atoms with E-state index < -0.39 is 0 Å². The van der Waals surface area contributed by atoms with E-state index in [9.17, 15) is 9.18 Å². The number of anilines is 1. The largest absolute Gasteiger partial charge is 0.326 e. The van der Waals surface area contributed by atoms with Gasteiger partial charge < -0.3 is 5.32 Å². The minimum absolute atomic E-state index is 0.0572. The van der Waals surface area contributed by atoms with Crippen LogP contribution in [0.15, 0.2) is 48.5 Å². The van der Waals surface area contributed by atoms with Crippen molar-refractivity contribution < 1.29 is 9.18 Å². The molecule has 0 radical (unpaired) electrons. The minimum Gasteiger partial charge on any atom is -0.326 e. The number of aromatic nitrogens is 3. The molecule has 0 atom stereocenters. The highest BCUT2D eigenvalue weighted by Gasteiger charge is 2.10. The average Bonchev–Trinajstić information content (AvgIpc) is 2.96. The zero-order valence-electron chi connectivity index (χ0n) is 13.2. The van der Waals surface area contributed by atoms with E-state index in [-0.39, 0.29) is 18.1 Å². The molecule has 122 valence electrons. The van der Waals surface area contributed by atoms with E-state index in [1.165, 1.54) is 29.8 Å². The highest BCUT2D eigenvalue weighted by molar-refractivity contribution is 5.91. The first-order valence-electron chi connectivity index (χ1n) is 7.59. The van der Waals surface area contributed by atoms with E-state index in [0.717, 1.165) is 5.56 Å². The van der Waals surface area contributed by atoms with E-state index >= 15 is 0 Å². The molecule has 2 aromatic carbocycles. The van der Waals surface area contributed by atoms with E-state index in [1.54, 1.807) is 0 Å². The maximum absolute atomic E-state index is 12.8. The van der Waals surface area contributed by atoms with Gasteiger partial charge in [-0.15, -0.1) is 0 Å². The predicted octanol–water partition coefficient (Wildman–Crippen LogP) is 3.02. The van der Waals surface area contributed by atoms with Crippen molar-refractivity contribution in [1.29, 1.82) is 0 Å². The molecule has 0 saturated heterocycles. The Morgan fingerprint density at radius 2 is 2.00 bits per heavy atom. The van der Waals surface area contributed by atoms with E-state index in [2.05, 4.69) is 26.6 Å². The summed E-state index contributed by atoms with van der Waals surface area (Å²) in [7, 11) is 0. The summed E-state index contributed by atoms with van der Waals surface area (Å²) in [6, 6.07) is 13.8. The summed E-state index contributed by atoms with van der Waals surface area (Å²) in [5, 5.41) is 9.62. The first-order valence-corrected chi connectivity index (χ1v) is 7.59. The lowest BCUT2D eigenvalue weighted by molar-refractivity contribution is -0.115. The molecule has 0 aliphatic heterocycles. The number of benzene rings is 2. The molecule has 0 aliphatic rings. The van der Waals surface area contributed by atoms with Crippen LogP contribution in [0.1, 0.15) is 22.8 Å². The quantitative estimate of drug-likeness (QED) is 0.758. The Kier molecular flexibility index (Phi) is 4.65. The van der Waals surface area contributed by atoms with Crippen LogP contribution in [0.5, 0.6) is 0 Å². The maximum Gasteiger partial charge on any atom is 0.232 e. The summed E-state index contributed by atoms with van der Waals surface area (Å²) >= 11 is 0. The number of hydrogen-bond acceptors (Lipinski definition) is 3. The summed E-state index contributed by atoms with van der Waals surface area (Å²) in [5.41, 5.74) is 2.86. The first kappa shape index (κ1) is 15.9. The summed E-state index contributed by atoms with van der Waals surface area (Å²) in [6.07, 6.45) is 0.690. The van der Waals surface area contributed by atoms with Crippen LogP contribution in [-0.4, -0.2) is 21.1 Å². The van der Waals surface area contributed by atoms with Crippen LogP contribution < -0.4 is 5.32 Å². The fraction of sp³-hybridized carbons (Fsp3) is 0.167. The van der Waals surface area contributed by atoms with Gasteiger partial charge in [-0.3, -0.25) is 9.89 Å². The number of rotatable bonds is 5. The molecule has 0 aliphatic carbocycles. The molecule has 0 bridgehead atoms. The van der Waals surface area contributed by atoms with Gasteiger partial charge in [0.2, 0.25) is 5.91 Å². The molecule has 0 spiro atoms. The van der Waals surface area contributed by atoms with Crippen LogP contribution >= 0.6 is 0 Å². The molecule has 1 heterocycles. The van der Waals surface area contributed by atoms with Crippen molar-refractivity contribution in [3.05, 3.63) is 77.1 Å². The standard InChI is InChI=1S/C18H17FN4O/c1-12-3-2-4-13(9-12)10-16-21-17(23-22-16)11-18(24)20-15-7-5-14(19)6-8-15/h2-9H,10-11H2,1H3,(H,20,24)(H,21,22,23). The molecule has 24 heavy (non-hydrogen) atoms. The number of nitrogens with one attached hydrogen (secondary N) is 2. The van der Waals surface area contributed by atoms with Crippen LogP contribution in [0.4, 0.5) is 10.1 Å². The molecular formula is C18H17FN4O. The topological polar surface area (TPSA) is 70.7 Å². The lowest BCUT2D eigenvalue weighted by atomic mass is 10.1. The summed E-state index contributed by atoms with van der Waals surface area (Å²) in [6.45, 7) is 2.04. The smallest absolute Gasteiger partial charge is 0.232 e. The lowest BCUT2D eigenvalue weighted by Crippen LogP contribution is -2.15. The number of nitrogens with zero attached hydrogens (tertiary/aromatic N) is 2. The van der Waals surface area contributed by atoms with Crippen molar-refractivity contribution in [2.24, 2.45) is 0 Å². The highest BCUT2D eigenvalue weighted by Crippen LogP contribution is 2.10. The maximum atomic E-state index is 12.8. The normalized spacial score (nSPS) is 10.6. The Labute approximate surface area is 138 Å². The van der Waals surface area contributed by atoms with Crippen molar-refractivity contribution in [3.8, 4) is 0 Å². The molecule has 6 heteroatoms. The summed E-state index contributed by atoms with van der Waals surface area (Å²) < 4.78 is 12.8. The second-order valence-corrected chi connectivity index (χ2v) is 5.60. The molecule has 3 aromatic rings. The zero-order chi connectivity index (χ0) is 16.9. The summed E-state index contributed by atoms with van der Waals surface area (Å²) in [5.74, 6) is 0.549. The minimum atomic E-state index is -0.345. The van der Waals surface area contributed by atoms with Crippen molar-refractivity contribution in [2.45, 2.75) is 19.8 Å². The molecule has 0 saturated carbocycles. The molecule has 0 fully saturated rings. The van der Waals surface area contributed by atoms with Crippen molar-refractivity contribution in [1.82, 2.24) is 15.2 Å². The van der Waals surface area contributed by atoms with Crippen LogP contribution in [0.3, 0.4) is 0 Å². The van der Waals surface area contributed by atoms with Gasteiger partial charge in [0.1, 0.15) is 11.6 Å². The Morgan fingerprint density at radius 1 is 1.21 bits per heavy atom. The third-order valence-corrected chi connectivity index (χ3v) is 3.48. The number of halogens is 1. The molecule has 1 amide bonds. The second-order valence-electron chi connectivity index (χ2n) is 5.60. The van der Waals surface area contributed by atoms with Crippen molar-refractivity contribution >= 4 is 11.6 Å². The molecule has 1 aromatic heterocycles. The number of aromatic amines is 1. The second kappa shape index (κ2) is 7.04. The number of carbonyl (C=O) groups is 1. The van der Waals surface area contributed by atoms with Crippen LogP contribution in [0.2, 0.25) is 0 Å². The van der Waals surface area contributed by atoms with Crippen molar-refractivity contribution in [2.75, 3.05) is 5.32 Å². The van der Waals surface area contributed by atoms with Gasteiger partial charge >= 0.3 is 0 Å². The van der Waals surface area contributed by atoms with Gasteiger partial charge in [0.25, 0.3) is 0 Å². The van der Waals surface area contributed by atoms with Gasteiger partial charge in [-0.2, -0.15) is 5.10 Å². The zero-order valence-corrected chi connectivity index (χ0v) is 13.2. The molecular weight excluding hydrogens is 307 g/mol. The SMILES string of the molecule is Cc1cccc(Cc2nc(CC(=O)Nc3ccc(F)cc3)n[nH]2)c1. The summed E-state index contributed by atoms with van der Waals surface area (Å²) in [4.78, 5) is 16.3. The van der Waals surface area contributed by atoms with Crippen molar-refractivity contribution in [3.63, 3.8) is 0 Å². The van der Waals surface area contributed by atoms with Crippen LogP contribution in [0, 0.1) is 12.7 Å². The van der Waals surface area contributed by atoms with E-state index in [1.807, 2.05) is 25.1 Å². The van der Waals surface area contributed by atoms with Crippen LogP contribution in [-0.2, 0) is 17.6 Å². The van der Waals surface area contributed by atoms with E-state index in [0.29, 0.717) is 23.8 Å². The van der Waals surface area contributed by atoms with Gasteiger partial charge in [0, 0.05) is 12.1 Å². The third kappa shape index (κ3) is 4.25. The fourth-order valence-electron chi connectivity index (χ4n) is 2.39. The predicted molar refractivity (Wildman–Crippen MR) is 89.1 cm³/mol. The van der Waals surface area contributed by atoms with Crippen LogP contribution in [0.25, 0.3) is 0 Å². The van der Waals surface area contributed by atoms with Gasteiger partial charge in [0.15, 0.2) is 5.82 Å². The van der Waals surface area contributed by atoms with Gasteiger partial charge in [0.05, 0.1) is 6.42 Å². The lowest BCUT2D eigenvalue weighted by Gasteiger charge is -2.03. The number of H-pyrrole nitrogens is 1. The molecule has 3 rings (SSSR count). The number of amides is 1. The number of hydrogen-bond donors (Lipinski definition) is 2. The molecule has 5 nitrogen and oxygen atoms in total. The van der Waals surface area contributed by atoms with Gasteiger partial charge in [-0.25, -0.2) is 9.37 Å². The fourth-order valence-corrected chi connectivity index (χ4v) is 2.39. The van der Waals surface area contributed by atoms with Gasteiger partial charge in [-0.05, 0) is 36.8 Å². The molecule has 0 unspecified atom stereocenters. The monoisotopic (exact) mass is 324 g/mol. The number of aryl methyl sites for hydroxylation is 1. The van der Waals surface area contributed by atoms with E-state index in [4.69, 9.17) is 0 Å². The average molecular weight is 324 g/mol.